The lowest BCUT2D eigenvalue weighted by Crippen LogP contribution is -2.22. The first kappa shape index (κ1) is 25.0. The van der Waals surface area contributed by atoms with Gasteiger partial charge in [-0.25, -0.2) is 19.3 Å². The van der Waals surface area contributed by atoms with Crippen molar-refractivity contribution in [1.29, 1.82) is 0 Å². The number of hydrogen-bond acceptors (Lipinski definition) is 8. The number of fused-ring (bicyclic) bond motifs is 1. The molecule has 1 atom stereocenters. The third-order valence-corrected chi connectivity index (χ3v) is 5.11. The topological polar surface area (TPSA) is 133 Å². The smallest absolute Gasteiger partial charge is 0.378 e. The number of aromatic nitrogens is 7. The van der Waals surface area contributed by atoms with Crippen LogP contribution in [0.1, 0.15) is 35.5 Å². The Hall–Kier alpha value is -4.11. The van der Waals surface area contributed by atoms with Crippen LogP contribution >= 0.6 is 0 Å². The molecule has 0 aromatic carbocycles. The molecule has 0 bridgehead atoms. The summed E-state index contributed by atoms with van der Waals surface area (Å²) < 4.78 is 53.2. The molecule has 12 nitrogen and oxygen atoms in total. The van der Waals surface area contributed by atoms with Gasteiger partial charge in [0.1, 0.15) is 11.3 Å². The van der Waals surface area contributed by atoms with Crippen LogP contribution in [0, 0.1) is 6.92 Å². The number of carbonyl (C=O) groups is 1. The summed E-state index contributed by atoms with van der Waals surface area (Å²) in [6.07, 6.45) is 0.207. The molecule has 0 saturated carbocycles. The molecule has 0 fully saturated rings. The molecule has 0 unspecified atom stereocenters. The van der Waals surface area contributed by atoms with Gasteiger partial charge in [-0.05, 0) is 19.9 Å². The minimum atomic E-state index is -4.79. The quantitative estimate of drug-likeness (QED) is 0.390. The van der Waals surface area contributed by atoms with Crippen LogP contribution < -0.4 is 10.6 Å². The molecule has 0 spiro atoms. The van der Waals surface area contributed by atoms with E-state index in [1.807, 2.05) is 0 Å². The zero-order valence-electron chi connectivity index (χ0n) is 19.7. The van der Waals surface area contributed by atoms with E-state index in [1.54, 1.807) is 24.6 Å². The highest BCUT2D eigenvalue weighted by atomic mass is 19.4. The van der Waals surface area contributed by atoms with Crippen molar-refractivity contribution in [3.05, 3.63) is 53.4 Å². The average Bonchev–Trinajstić information content (AvgIpc) is 3.44. The van der Waals surface area contributed by atoms with E-state index in [1.165, 1.54) is 26.6 Å². The van der Waals surface area contributed by atoms with Gasteiger partial charge in [0.15, 0.2) is 11.5 Å². The van der Waals surface area contributed by atoms with Crippen molar-refractivity contribution in [3.8, 4) is 5.82 Å². The Morgan fingerprint density at radius 2 is 1.94 bits per heavy atom. The summed E-state index contributed by atoms with van der Waals surface area (Å²) in [7, 11) is 2.92. The number of pyridine rings is 1. The number of anilines is 2. The molecule has 2 amide bonds. The van der Waals surface area contributed by atoms with Crippen molar-refractivity contribution in [2.75, 3.05) is 24.9 Å². The highest BCUT2D eigenvalue weighted by Crippen LogP contribution is 2.34. The maximum absolute atomic E-state index is 13.8. The maximum atomic E-state index is 13.8. The first-order valence-corrected chi connectivity index (χ1v) is 10.5. The summed E-state index contributed by atoms with van der Waals surface area (Å²) in [5.74, 6) is -0.545. The van der Waals surface area contributed by atoms with Gasteiger partial charge in [-0.1, -0.05) is 0 Å². The number of alkyl halides is 3. The number of carbonyl (C=O) groups excluding carboxylic acids is 1. The van der Waals surface area contributed by atoms with E-state index < -0.39 is 29.7 Å². The predicted octanol–water partition coefficient (Wildman–Crippen LogP) is 3.53. The Bertz CT molecular complexity index is 1400. The molecule has 2 N–H and O–H groups in total. The fourth-order valence-electron chi connectivity index (χ4n) is 3.47. The lowest BCUT2D eigenvalue weighted by atomic mass is 10.1. The molecule has 0 aliphatic carbocycles. The molecule has 190 valence electrons. The van der Waals surface area contributed by atoms with Crippen LogP contribution in [0.5, 0.6) is 0 Å². The van der Waals surface area contributed by atoms with Crippen molar-refractivity contribution in [2.24, 2.45) is 0 Å². The standard InChI is InChI=1S/C21H22F3N9O3/c1-11-9-32-19(28-11)17(12(2)36-4)16(8-26-32)30-20(34)29-13-5-15(21(22,23)24)18(25-6-13)33-27-7-14(31-33)10-35-3/h5-9,12H,10H2,1-4H3,(H2,29,30,34)/t12-/m0/s1. The second-order valence-electron chi connectivity index (χ2n) is 7.73. The maximum Gasteiger partial charge on any atom is 0.420 e. The molecule has 15 heteroatoms. The minimum Gasteiger partial charge on any atom is -0.378 e. The minimum absolute atomic E-state index is 0.0732. The number of urea groups is 1. The molecule has 0 radical (unpaired) electrons. The van der Waals surface area contributed by atoms with Crippen LogP contribution in [-0.2, 0) is 22.3 Å². The Kier molecular flexibility index (Phi) is 6.85. The number of hydrogen-bond donors (Lipinski definition) is 2. The van der Waals surface area contributed by atoms with Crippen molar-refractivity contribution in [2.45, 2.75) is 32.7 Å². The Labute approximate surface area is 202 Å². The number of imidazole rings is 1. The van der Waals surface area contributed by atoms with Crippen LogP contribution in [0.2, 0.25) is 0 Å². The van der Waals surface area contributed by atoms with E-state index in [2.05, 4.69) is 35.9 Å². The van der Waals surface area contributed by atoms with Crippen molar-refractivity contribution >= 4 is 23.1 Å². The van der Waals surface area contributed by atoms with E-state index in [0.29, 0.717) is 22.6 Å². The normalized spacial score (nSPS) is 12.6. The number of ether oxygens (including phenoxy) is 2. The molecule has 4 aromatic rings. The van der Waals surface area contributed by atoms with Crippen molar-refractivity contribution < 1.29 is 27.4 Å². The van der Waals surface area contributed by atoms with Gasteiger partial charge in [0.25, 0.3) is 0 Å². The zero-order chi connectivity index (χ0) is 26.0. The van der Waals surface area contributed by atoms with Crippen molar-refractivity contribution in [3.63, 3.8) is 0 Å². The average molecular weight is 505 g/mol. The van der Waals surface area contributed by atoms with E-state index in [9.17, 15) is 18.0 Å². The molecule has 4 aromatic heterocycles. The van der Waals surface area contributed by atoms with Gasteiger partial charge in [-0.15, -0.1) is 9.90 Å². The molecular weight excluding hydrogens is 483 g/mol. The summed E-state index contributed by atoms with van der Waals surface area (Å²) >= 11 is 0. The fourth-order valence-corrected chi connectivity index (χ4v) is 3.47. The molecule has 36 heavy (non-hydrogen) atoms. The fraction of sp³-hybridized carbons (Fsp3) is 0.333. The van der Waals surface area contributed by atoms with E-state index >= 15 is 0 Å². The Balaban J connectivity index is 1.61. The van der Waals surface area contributed by atoms with E-state index in [-0.39, 0.29) is 18.0 Å². The summed E-state index contributed by atoms with van der Waals surface area (Å²) in [6.45, 7) is 3.63. The number of methoxy groups -OCH3 is 2. The van der Waals surface area contributed by atoms with E-state index in [0.717, 1.165) is 17.1 Å². The molecule has 0 saturated heterocycles. The Morgan fingerprint density at radius 3 is 2.64 bits per heavy atom. The van der Waals surface area contributed by atoms with Crippen LogP contribution in [0.15, 0.2) is 30.9 Å². The van der Waals surface area contributed by atoms with Gasteiger partial charge in [-0.2, -0.15) is 23.4 Å². The highest BCUT2D eigenvalue weighted by molar-refractivity contribution is 6.00. The van der Waals surface area contributed by atoms with Gasteiger partial charge in [0, 0.05) is 14.2 Å². The second kappa shape index (κ2) is 9.87. The summed E-state index contributed by atoms with van der Waals surface area (Å²) in [5.41, 5.74) is 1.02. The van der Waals surface area contributed by atoms with Gasteiger partial charge in [0.2, 0.25) is 0 Å². The number of halogens is 3. The van der Waals surface area contributed by atoms with Crippen LogP contribution in [0.3, 0.4) is 0 Å². The summed E-state index contributed by atoms with van der Waals surface area (Å²) in [5, 5.41) is 16.9. The Morgan fingerprint density at radius 1 is 1.17 bits per heavy atom. The van der Waals surface area contributed by atoms with Crippen LogP contribution in [-0.4, -0.2) is 54.8 Å². The van der Waals surface area contributed by atoms with Crippen LogP contribution in [0.4, 0.5) is 29.3 Å². The van der Waals surface area contributed by atoms with E-state index in [4.69, 9.17) is 9.47 Å². The molecule has 4 heterocycles. The number of nitrogens with one attached hydrogen (secondary N) is 2. The second-order valence-corrected chi connectivity index (χ2v) is 7.73. The molecule has 4 rings (SSSR count). The van der Waals surface area contributed by atoms with Crippen molar-refractivity contribution in [1.82, 2.24) is 34.6 Å². The number of nitrogens with zero attached hydrogens (tertiary/aromatic N) is 7. The third kappa shape index (κ3) is 5.11. The highest BCUT2D eigenvalue weighted by Gasteiger charge is 2.36. The first-order valence-electron chi connectivity index (χ1n) is 10.5. The number of rotatable bonds is 7. The number of aryl methyl sites for hydroxylation is 1. The monoisotopic (exact) mass is 505 g/mol. The summed E-state index contributed by atoms with van der Waals surface area (Å²) in [6, 6.07) is -0.0597. The van der Waals surface area contributed by atoms with Gasteiger partial charge < -0.3 is 20.1 Å². The molecule has 0 aliphatic rings. The predicted molar refractivity (Wildman–Crippen MR) is 121 cm³/mol. The largest absolute Gasteiger partial charge is 0.420 e. The first-order chi connectivity index (χ1) is 17.1. The lowest BCUT2D eigenvalue weighted by Gasteiger charge is -2.17. The zero-order valence-corrected chi connectivity index (χ0v) is 19.7. The van der Waals surface area contributed by atoms with Gasteiger partial charge >= 0.3 is 12.2 Å². The molecule has 0 aliphatic heterocycles. The number of amides is 2. The van der Waals surface area contributed by atoms with Crippen LogP contribution in [0.25, 0.3) is 11.5 Å². The van der Waals surface area contributed by atoms with Gasteiger partial charge in [-0.3, -0.25) is 0 Å². The molecular formula is C21H22F3N9O3. The summed E-state index contributed by atoms with van der Waals surface area (Å²) in [4.78, 5) is 21.7. The lowest BCUT2D eigenvalue weighted by molar-refractivity contribution is -0.137. The third-order valence-electron chi connectivity index (χ3n) is 5.11. The van der Waals surface area contributed by atoms with Gasteiger partial charge in [0.05, 0.1) is 60.1 Å². The SMILES string of the molecule is COCc1cnn(-c2ncc(NC(=O)Nc3cnn4cc(C)nc4c3[C@H](C)OC)cc2C(F)(F)F)n1.